The predicted octanol–water partition coefficient (Wildman–Crippen LogP) is 3.67. The molecule has 0 bridgehead atoms. The summed E-state index contributed by atoms with van der Waals surface area (Å²) in [6.07, 6.45) is 4.10. The van der Waals surface area contributed by atoms with Crippen molar-refractivity contribution in [3.63, 3.8) is 0 Å². The molecule has 68 valence electrons. The zero-order valence-corrected chi connectivity index (χ0v) is 8.46. The fraction of sp³-hybridized carbons (Fsp3) is 0.250. The van der Waals surface area contributed by atoms with Gasteiger partial charge in [-0.3, -0.25) is 4.99 Å². The summed E-state index contributed by atoms with van der Waals surface area (Å²) in [5.74, 6) is 0. The third-order valence-corrected chi connectivity index (χ3v) is 2.27. The van der Waals surface area contributed by atoms with E-state index in [1.165, 1.54) is 16.7 Å². The average Bonchev–Trinajstić information content (AvgIpc) is 2.14. The standard InChI is InChI=1S/C12H15N/c1-5-6-11-10(3)9(2)7-8-12(11)13-4/h5-8H,4H2,1-3H3/b6-5-. The van der Waals surface area contributed by atoms with Crippen molar-refractivity contribution in [1.82, 2.24) is 0 Å². The highest BCUT2D eigenvalue weighted by molar-refractivity contribution is 5.69. The van der Waals surface area contributed by atoms with Crippen molar-refractivity contribution in [2.45, 2.75) is 20.8 Å². The van der Waals surface area contributed by atoms with Gasteiger partial charge in [0.25, 0.3) is 0 Å². The highest BCUT2D eigenvalue weighted by atomic mass is 14.7. The van der Waals surface area contributed by atoms with E-state index < -0.39 is 0 Å². The van der Waals surface area contributed by atoms with Crippen molar-refractivity contribution in [2.24, 2.45) is 4.99 Å². The predicted molar refractivity (Wildman–Crippen MR) is 59.8 cm³/mol. The van der Waals surface area contributed by atoms with Crippen molar-refractivity contribution in [3.8, 4) is 0 Å². The van der Waals surface area contributed by atoms with Crippen LogP contribution in [0.3, 0.4) is 0 Å². The summed E-state index contributed by atoms with van der Waals surface area (Å²) in [5, 5.41) is 0. The van der Waals surface area contributed by atoms with Crippen molar-refractivity contribution in [1.29, 1.82) is 0 Å². The fourth-order valence-electron chi connectivity index (χ4n) is 1.34. The van der Waals surface area contributed by atoms with E-state index in [0.29, 0.717) is 0 Å². The van der Waals surface area contributed by atoms with Crippen LogP contribution in [-0.2, 0) is 0 Å². The van der Waals surface area contributed by atoms with Crippen LogP contribution in [0, 0.1) is 13.8 Å². The number of allylic oxidation sites excluding steroid dienone is 1. The molecule has 0 aromatic heterocycles. The second-order valence-corrected chi connectivity index (χ2v) is 3.10. The van der Waals surface area contributed by atoms with Gasteiger partial charge < -0.3 is 0 Å². The van der Waals surface area contributed by atoms with Gasteiger partial charge in [-0.2, -0.15) is 0 Å². The molecule has 1 nitrogen and oxygen atoms in total. The third kappa shape index (κ3) is 1.86. The van der Waals surface area contributed by atoms with Gasteiger partial charge in [0.1, 0.15) is 0 Å². The maximum absolute atomic E-state index is 3.99. The Labute approximate surface area is 79.8 Å². The van der Waals surface area contributed by atoms with Crippen LogP contribution in [0.2, 0.25) is 0 Å². The van der Waals surface area contributed by atoms with E-state index in [1.54, 1.807) is 0 Å². The number of benzene rings is 1. The van der Waals surface area contributed by atoms with Gasteiger partial charge in [0, 0.05) is 5.56 Å². The number of nitrogens with zero attached hydrogens (tertiary/aromatic N) is 1. The van der Waals surface area contributed by atoms with Gasteiger partial charge in [-0.05, 0) is 44.7 Å². The molecule has 0 aliphatic carbocycles. The zero-order valence-electron chi connectivity index (χ0n) is 8.46. The van der Waals surface area contributed by atoms with Crippen LogP contribution < -0.4 is 0 Å². The summed E-state index contributed by atoms with van der Waals surface area (Å²) in [7, 11) is 0. The Bertz CT molecular complexity index is 348. The van der Waals surface area contributed by atoms with Crippen molar-refractivity contribution in [3.05, 3.63) is 34.9 Å². The zero-order chi connectivity index (χ0) is 9.84. The third-order valence-electron chi connectivity index (χ3n) is 2.27. The van der Waals surface area contributed by atoms with Crippen LogP contribution in [-0.4, -0.2) is 6.72 Å². The first-order valence-electron chi connectivity index (χ1n) is 4.40. The lowest BCUT2D eigenvalue weighted by Crippen LogP contribution is -1.86. The second-order valence-electron chi connectivity index (χ2n) is 3.10. The van der Waals surface area contributed by atoms with E-state index in [0.717, 1.165) is 5.69 Å². The van der Waals surface area contributed by atoms with E-state index in [2.05, 4.69) is 37.7 Å². The van der Waals surface area contributed by atoms with E-state index in [-0.39, 0.29) is 0 Å². The summed E-state index contributed by atoms with van der Waals surface area (Å²) in [4.78, 5) is 3.99. The minimum Gasteiger partial charge on any atom is -0.264 e. The summed E-state index contributed by atoms with van der Waals surface area (Å²) in [6.45, 7) is 9.79. The van der Waals surface area contributed by atoms with Gasteiger partial charge in [0.2, 0.25) is 0 Å². The molecule has 0 spiro atoms. The lowest BCUT2D eigenvalue weighted by atomic mass is 10.0. The minimum atomic E-state index is 0.959. The molecule has 0 radical (unpaired) electrons. The normalized spacial score (nSPS) is 10.7. The first-order chi connectivity index (χ1) is 6.20. The van der Waals surface area contributed by atoms with Gasteiger partial charge in [-0.15, -0.1) is 0 Å². The van der Waals surface area contributed by atoms with Gasteiger partial charge >= 0.3 is 0 Å². The molecule has 0 fully saturated rings. The Hall–Kier alpha value is -1.37. The van der Waals surface area contributed by atoms with Crippen LogP contribution in [0.25, 0.3) is 6.08 Å². The van der Waals surface area contributed by atoms with E-state index in [1.807, 2.05) is 19.1 Å². The van der Waals surface area contributed by atoms with Crippen molar-refractivity contribution >= 4 is 18.5 Å². The topological polar surface area (TPSA) is 12.4 Å². The van der Waals surface area contributed by atoms with Crippen LogP contribution in [0.5, 0.6) is 0 Å². The van der Waals surface area contributed by atoms with E-state index in [9.17, 15) is 0 Å². The lowest BCUT2D eigenvalue weighted by Gasteiger charge is -2.07. The maximum atomic E-state index is 3.99. The van der Waals surface area contributed by atoms with Crippen molar-refractivity contribution < 1.29 is 0 Å². The number of hydrogen-bond acceptors (Lipinski definition) is 1. The first kappa shape index (κ1) is 9.72. The molecule has 0 unspecified atom stereocenters. The fourth-order valence-corrected chi connectivity index (χ4v) is 1.34. The number of aryl methyl sites for hydroxylation is 1. The first-order valence-corrected chi connectivity index (χ1v) is 4.40. The molecular weight excluding hydrogens is 158 g/mol. The van der Waals surface area contributed by atoms with Crippen LogP contribution in [0.1, 0.15) is 23.6 Å². The van der Waals surface area contributed by atoms with E-state index >= 15 is 0 Å². The molecule has 1 heteroatoms. The van der Waals surface area contributed by atoms with Gasteiger partial charge in [0.05, 0.1) is 5.69 Å². The Kier molecular flexibility index (Phi) is 3.02. The second kappa shape index (κ2) is 4.04. The molecule has 13 heavy (non-hydrogen) atoms. The summed E-state index contributed by atoms with van der Waals surface area (Å²) < 4.78 is 0. The molecule has 0 heterocycles. The highest BCUT2D eigenvalue weighted by Crippen LogP contribution is 2.25. The average molecular weight is 173 g/mol. The largest absolute Gasteiger partial charge is 0.264 e. The number of hydrogen-bond donors (Lipinski definition) is 0. The van der Waals surface area contributed by atoms with Crippen molar-refractivity contribution in [2.75, 3.05) is 0 Å². The molecule has 0 aliphatic heterocycles. The van der Waals surface area contributed by atoms with Gasteiger partial charge in [0.15, 0.2) is 0 Å². The monoisotopic (exact) mass is 173 g/mol. The summed E-state index contributed by atoms with van der Waals surface area (Å²) in [6, 6.07) is 4.08. The molecular formula is C12H15N. The maximum Gasteiger partial charge on any atom is 0.0697 e. The molecule has 0 atom stereocenters. The molecule has 0 N–H and O–H groups in total. The lowest BCUT2D eigenvalue weighted by molar-refractivity contribution is 1.31. The molecule has 1 aromatic rings. The van der Waals surface area contributed by atoms with Crippen LogP contribution in [0.15, 0.2) is 23.2 Å². The minimum absolute atomic E-state index is 0.959. The van der Waals surface area contributed by atoms with Crippen LogP contribution in [0.4, 0.5) is 5.69 Å². The number of rotatable bonds is 2. The molecule has 0 saturated heterocycles. The Balaban J connectivity index is 3.40. The Morgan fingerprint density at radius 3 is 2.54 bits per heavy atom. The molecule has 0 saturated carbocycles. The van der Waals surface area contributed by atoms with Crippen LogP contribution >= 0.6 is 0 Å². The summed E-state index contributed by atoms with van der Waals surface area (Å²) in [5.41, 5.74) is 4.71. The number of aliphatic imine (C=N–C) groups is 1. The van der Waals surface area contributed by atoms with E-state index in [4.69, 9.17) is 0 Å². The Morgan fingerprint density at radius 2 is 2.00 bits per heavy atom. The molecule has 0 amide bonds. The quantitative estimate of drug-likeness (QED) is 0.605. The molecule has 0 aliphatic rings. The molecule has 1 aromatic carbocycles. The SMILES string of the molecule is C=Nc1ccc(C)c(C)c1/C=C\C. The van der Waals surface area contributed by atoms with Gasteiger partial charge in [-0.25, -0.2) is 0 Å². The molecule has 1 rings (SSSR count). The smallest absolute Gasteiger partial charge is 0.0697 e. The summed E-state index contributed by atoms with van der Waals surface area (Å²) >= 11 is 0. The Morgan fingerprint density at radius 1 is 1.31 bits per heavy atom. The van der Waals surface area contributed by atoms with Gasteiger partial charge in [-0.1, -0.05) is 18.2 Å². The highest BCUT2D eigenvalue weighted by Gasteiger charge is 2.02.